The molecule has 0 N–H and O–H groups in total. The maximum Gasteiger partial charge on any atom is 0.119 e. The Morgan fingerprint density at radius 1 is 0.893 bits per heavy atom. The van der Waals surface area contributed by atoms with E-state index in [1.165, 1.54) is 89.0 Å². The van der Waals surface area contributed by atoms with E-state index in [1.54, 1.807) is 0 Å². The van der Waals surface area contributed by atoms with E-state index < -0.39 is 0 Å². The maximum absolute atomic E-state index is 5.77. The van der Waals surface area contributed by atoms with Crippen molar-refractivity contribution in [3.05, 3.63) is 42.0 Å². The van der Waals surface area contributed by atoms with E-state index in [-0.39, 0.29) is 0 Å². The molecular weight excluding hydrogens is 344 g/mol. The van der Waals surface area contributed by atoms with Crippen molar-refractivity contribution < 1.29 is 9.47 Å². The Bertz CT molecular complexity index is 519. The number of hydrogen-bond donors (Lipinski definition) is 0. The van der Waals surface area contributed by atoms with Gasteiger partial charge in [-0.05, 0) is 56.2 Å². The van der Waals surface area contributed by atoms with Crippen LogP contribution in [0.1, 0.15) is 96.0 Å². The average Bonchev–Trinajstić information content (AvgIpc) is 3.54. The number of aryl methyl sites for hydroxylation is 1. The SMILES string of the molecule is CCCCCCCCC/C=C/CCCCCCc1cccc(OCC2CO2)c1. The number of epoxide rings is 1. The minimum Gasteiger partial charge on any atom is -0.491 e. The third-order valence-corrected chi connectivity index (χ3v) is 5.46. The lowest BCUT2D eigenvalue weighted by atomic mass is 10.0. The number of rotatable bonds is 18. The molecule has 1 aliphatic heterocycles. The van der Waals surface area contributed by atoms with Crippen LogP contribution in [-0.2, 0) is 11.2 Å². The summed E-state index contributed by atoms with van der Waals surface area (Å²) in [5, 5.41) is 0. The van der Waals surface area contributed by atoms with Crippen molar-refractivity contribution in [2.75, 3.05) is 13.2 Å². The van der Waals surface area contributed by atoms with Gasteiger partial charge in [0, 0.05) is 0 Å². The van der Waals surface area contributed by atoms with E-state index in [9.17, 15) is 0 Å². The zero-order chi connectivity index (χ0) is 19.7. The molecule has 1 atom stereocenters. The van der Waals surface area contributed by atoms with Gasteiger partial charge in [-0.25, -0.2) is 0 Å². The third kappa shape index (κ3) is 12.2. The van der Waals surface area contributed by atoms with Crippen LogP contribution in [0, 0.1) is 0 Å². The fourth-order valence-corrected chi connectivity index (χ4v) is 3.54. The maximum atomic E-state index is 5.77. The smallest absolute Gasteiger partial charge is 0.119 e. The van der Waals surface area contributed by atoms with Crippen LogP contribution in [0.5, 0.6) is 5.75 Å². The van der Waals surface area contributed by atoms with Crippen molar-refractivity contribution in [2.45, 2.75) is 103 Å². The zero-order valence-corrected chi connectivity index (χ0v) is 18.2. The van der Waals surface area contributed by atoms with Crippen LogP contribution in [0.25, 0.3) is 0 Å². The van der Waals surface area contributed by atoms with Gasteiger partial charge in [0.15, 0.2) is 0 Å². The van der Waals surface area contributed by atoms with Gasteiger partial charge < -0.3 is 9.47 Å². The van der Waals surface area contributed by atoms with Gasteiger partial charge in [0.25, 0.3) is 0 Å². The number of unbranched alkanes of at least 4 members (excludes halogenated alkanes) is 11. The minimum atomic E-state index is 0.327. The molecule has 1 aromatic carbocycles. The first kappa shape index (κ1) is 23.0. The molecule has 28 heavy (non-hydrogen) atoms. The fourth-order valence-electron chi connectivity index (χ4n) is 3.54. The van der Waals surface area contributed by atoms with Crippen molar-refractivity contribution in [3.8, 4) is 5.75 Å². The number of hydrogen-bond acceptors (Lipinski definition) is 2. The number of allylic oxidation sites excluding steroid dienone is 2. The highest BCUT2D eigenvalue weighted by molar-refractivity contribution is 5.28. The Morgan fingerprint density at radius 2 is 1.54 bits per heavy atom. The lowest BCUT2D eigenvalue weighted by molar-refractivity contribution is 0.263. The molecule has 2 heteroatoms. The molecule has 1 saturated heterocycles. The van der Waals surface area contributed by atoms with Crippen LogP contribution in [0.15, 0.2) is 36.4 Å². The summed E-state index contributed by atoms with van der Waals surface area (Å²) in [6.45, 7) is 3.83. The molecule has 0 aromatic heterocycles. The molecule has 2 rings (SSSR count). The van der Waals surface area contributed by atoms with Gasteiger partial charge in [-0.1, -0.05) is 82.6 Å². The quantitative estimate of drug-likeness (QED) is 0.147. The van der Waals surface area contributed by atoms with Gasteiger partial charge in [-0.15, -0.1) is 0 Å². The van der Waals surface area contributed by atoms with Crippen molar-refractivity contribution in [1.82, 2.24) is 0 Å². The van der Waals surface area contributed by atoms with Crippen LogP contribution < -0.4 is 4.74 Å². The molecule has 0 amide bonds. The Hall–Kier alpha value is -1.28. The van der Waals surface area contributed by atoms with Crippen molar-refractivity contribution >= 4 is 0 Å². The van der Waals surface area contributed by atoms with E-state index in [0.717, 1.165) is 18.8 Å². The van der Waals surface area contributed by atoms with Crippen molar-refractivity contribution in [3.63, 3.8) is 0 Å². The summed E-state index contributed by atoms with van der Waals surface area (Å²) in [6.07, 6.45) is 23.9. The van der Waals surface area contributed by atoms with Crippen LogP contribution in [0.2, 0.25) is 0 Å². The predicted molar refractivity (Wildman–Crippen MR) is 120 cm³/mol. The van der Waals surface area contributed by atoms with Crippen LogP contribution in [-0.4, -0.2) is 19.3 Å². The highest BCUT2D eigenvalue weighted by Crippen LogP contribution is 2.18. The van der Waals surface area contributed by atoms with E-state index in [1.807, 2.05) is 6.07 Å². The molecule has 1 heterocycles. The second-order valence-electron chi connectivity index (χ2n) is 8.25. The average molecular weight is 387 g/mol. The molecule has 0 aliphatic carbocycles. The Balaban J connectivity index is 1.37. The van der Waals surface area contributed by atoms with E-state index in [0.29, 0.717) is 12.7 Å². The largest absolute Gasteiger partial charge is 0.491 e. The number of ether oxygens (including phenoxy) is 2. The summed E-state index contributed by atoms with van der Waals surface area (Å²) in [5.74, 6) is 0.985. The summed E-state index contributed by atoms with van der Waals surface area (Å²) in [6, 6.07) is 8.56. The third-order valence-electron chi connectivity index (χ3n) is 5.46. The second-order valence-corrected chi connectivity index (χ2v) is 8.25. The van der Waals surface area contributed by atoms with Crippen LogP contribution >= 0.6 is 0 Å². The summed E-state index contributed by atoms with van der Waals surface area (Å²) < 4.78 is 11.0. The fraction of sp³-hybridized carbons (Fsp3) is 0.692. The first-order valence-corrected chi connectivity index (χ1v) is 11.9. The first-order valence-electron chi connectivity index (χ1n) is 11.9. The van der Waals surface area contributed by atoms with Crippen molar-refractivity contribution in [2.24, 2.45) is 0 Å². The highest BCUT2D eigenvalue weighted by Gasteiger charge is 2.22. The second kappa shape index (κ2) is 15.6. The topological polar surface area (TPSA) is 21.8 Å². The molecule has 0 bridgehead atoms. The monoisotopic (exact) mass is 386 g/mol. The lowest BCUT2D eigenvalue weighted by Crippen LogP contribution is -2.04. The number of benzene rings is 1. The van der Waals surface area contributed by atoms with E-state index >= 15 is 0 Å². The molecule has 1 aromatic rings. The lowest BCUT2D eigenvalue weighted by Gasteiger charge is -2.07. The minimum absolute atomic E-state index is 0.327. The molecule has 158 valence electrons. The Morgan fingerprint density at radius 3 is 2.21 bits per heavy atom. The Kier molecular flexibility index (Phi) is 12.8. The summed E-state index contributed by atoms with van der Waals surface area (Å²) in [7, 11) is 0. The molecule has 1 unspecified atom stereocenters. The molecule has 1 fully saturated rings. The summed E-state index contributed by atoms with van der Waals surface area (Å²) >= 11 is 0. The van der Waals surface area contributed by atoms with Crippen LogP contribution in [0.3, 0.4) is 0 Å². The van der Waals surface area contributed by atoms with Gasteiger partial charge in [-0.3, -0.25) is 0 Å². The van der Waals surface area contributed by atoms with Crippen molar-refractivity contribution in [1.29, 1.82) is 0 Å². The van der Waals surface area contributed by atoms with E-state index in [4.69, 9.17) is 9.47 Å². The van der Waals surface area contributed by atoms with Gasteiger partial charge in [0.1, 0.15) is 18.5 Å². The van der Waals surface area contributed by atoms with Gasteiger partial charge >= 0.3 is 0 Å². The first-order chi connectivity index (χ1) is 13.9. The van der Waals surface area contributed by atoms with E-state index in [2.05, 4.69) is 37.3 Å². The molecule has 0 radical (unpaired) electrons. The Labute approximate surface area is 173 Å². The summed E-state index contributed by atoms with van der Waals surface area (Å²) in [4.78, 5) is 0. The van der Waals surface area contributed by atoms with Crippen LogP contribution in [0.4, 0.5) is 0 Å². The predicted octanol–water partition coefficient (Wildman–Crippen LogP) is 7.65. The van der Waals surface area contributed by atoms with Gasteiger partial charge in [0.05, 0.1) is 6.61 Å². The highest BCUT2D eigenvalue weighted by atomic mass is 16.6. The van der Waals surface area contributed by atoms with Gasteiger partial charge in [0.2, 0.25) is 0 Å². The zero-order valence-electron chi connectivity index (χ0n) is 18.2. The molecular formula is C26H42O2. The molecule has 0 saturated carbocycles. The van der Waals surface area contributed by atoms with Gasteiger partial charge in [-0.2, -0.15) is 0 Å². The molecule has 1 aliphatic rings. The standard InChI is InChI=1S/C26H42O2/c1-2-3-4-5-6-7-8-9-10-11-12-13-14-15-16-18-24-19-17-20-25(21-24)27-22-26-23-28-26/h10-11,17,19-21,26H,2-9,12-16,18,22-23H2,1H3/b11-10+. The molecule has 0 spiro atoms. The summed E-state index contributed by atoms with van der Waals surface area (Å²) in [5.41, 5.74) is 1.39. The normalized spacial score (nSPS) is 16.0. The molecule has 2 nitrogen and oxygen atoms in total.